The van der Waals surface area contributed by atoms with Gasteiger partial charge in [-0.1, -0.05) is 13.0 Å². The van der Waals surface area contributed by atoms with Crippen molar-refractivity contribution in [1.82, 2.24) is 10.3 Å². The lowest BCUT2D eigenvalue weighted by Crippen LogP contribution is -2.33. The zero-order chi connectivity index (χ0) is 18.7. The number of nitrogens with one attached hydrogen (secondary N) is 2. The number of rotatable bonds is 4. The summed E-state index contributed by atoms with van der Waals surface area (Å²) in [7, 11) is 0. The smallest absolute Gasteiger partial charge is 0.227 e. The number of benzene rings is 2. The Bertz CT molecular complexity index is 978. The van der Waals surface area contributed by atoms with Crippen LogP contribution in [0.5, 0.6) is 0 Å². The minimum Gasteiger partial charge on any atom is -0.436 e. The van der Waals surface area contributed by atoms with Gasteiger partial charge in [0.2, 0.25) is 11.8 Å². The summed E-state index contributed by atoms with van der Waals surface area (Å²) in [5, 5.41) is 5.94. The van der Waals surface area contributed by atoms with Gasteiger partial charge >= 0.3 is 0 Å². The number of anilines is 1. The maximum atomic E-state index is 11.6. The fourth-order valence-electron chi connectivity index (χ4n) is 2.58. The van der Waals surface area contributed by atoms with Crippen molar-refractivity contribution in [2.45, 2.75) is 33.6 Å². The van der Waals surface area contributed by atoms with Gasteiger partial charge in [-0.3, -0.25) is 4.79 Å². The first-order valence-electron chi connectivity index (χ1n) is 8.55. The quantitative estimate of drug-likeness (QED) is 0.653. The molecule has 0 unspecified atom stereocenters. The SMILES string of the molecule is CCCC(=O)NC(=S)Nc1ccc2oc(-c3ccc(C)c(C)c3)nc2c1. The van der Waals surface area contributed by atoms with Crippen LogP contribution in [0.4, 0.5) is 5.69 Å². The number of thiocarbonyl (C=S) groups is 1. The highest BCUT2D eigenvalue weighted by atomic mass is 32.1. The average Bonchev–Trinajstić information content (AvgIpc) is 3.00. The molecule has 0 atom stereocenters. The summed E-state index contributed by atoms with van der Waals surface area (Å²) in [5.74, 6) is 0.489. The van der Waals surface area contributed by atoms with E-state index in [-0.39, 0.29) is 11.0 Å². The maximum Gasteiger partial charge on any atom is 0.227 e. The Morgan fingerprint density at radius 3 is 2.69 bits per heavy atom. The molecule has 3 rings (SSSR count). The molecular weight excluding hydrogens is 346 g/mol. The lowest BCUT2D eigenvalue weighted by molar-refractivity contribution is -0.119. The maximum absolute atomic E-state index is 11.6. The van der Waals surface area contributed by atoms with Crippen LogP contribution >= 0.6 is 12.2 Å². The normalized spacial score (nSPS) is 10.7. The molecule has 0 radical (unpaired) electrons. The molecule has 1 heterocycles. The third-order valence-corrected chi connectivity index (χ3v) is 4.33. The van der Waals surface area contributed by atoms with Crippen LogP contribution in [0.1, 0.15) is 30.9 Å². The average molecular weight is 367 g/mol. The molecule has 0 saturated carbocycles. The van der Waals surface area contributed by atoms with Crippen molar-refractivity contribution in [3.63, 3.8) is 0 Å². The van der Waals surface area contributed by atoms with E-state index < -0.39 is 0 Å². The topological polar surface area (TPSA) is 67.2 Å². The molecule has 0 aliphatic rings. The van der Waals surface area contributed by atoms with Crippen molar-refractivity contribution in [3.8, 4) is 11.5 Å². The second-order valence-electron chi connectivity index (χ2n) is 6.25. The highest BCUT2D eigenvalue weighted by molar-refractivity contribution is 7.80. The molecule has 134 valence electrons. The number of aryl methyl sites for hydroxylation is 2. The Morgan fingerprint density at radius 1 is 1.15 bits per heavy atom. The number of hydrogen-bond acceptors (Lipinski definition) is 4. The van der Waals surface area contributed by atoms with E-state index in [1.54, 1.807) is 0 Å². The first-order chi connectivity index (χ1) is 12.5. The number of nitrogens with zero attached hydrogens (tertiary/aromatic N) is 1. The first kappa shape index (κ1) is 18.1. The van der Waals surface area contributed by atoms with Gasteiger partial charge in [0.25, 0.3) is 0 Å². The van der Waals surface area contributed by atoms with E-state index in [4.69, 9.17) is 16.6 Å². The van der Waals surface area contributed by atoms with Crippen LogP contribution in [-0.2, 0) is 4.79 Å². The number of carbonyl (C=O) groups is 1. The van der Waals surface area contributed by atoms with E-state index in [1.807, 2.05) is 31.2 Å². The van der Waals surface area contributed by atoms with Crippen LogP contribution < -0.4 is 10.6 Å². The molecular formula is C20H21N3O2S. The van der Waals surface area contributed by atoms with Gasteiger partial charge in [0.15, 0.2) is 10.7 Å². The molecule has 0 fully saturated rings. The summed E-state index contributed by atoms with van der Waals surface area (Å²) in [5.41, 5.74) is 5.55. The van der Waals surface area contributed by atoms with Crippen LogP contribution in [0, 0.1) is 13.8 Å². The number of fused-ring (bicyclic) bond motifs is 1. The van der Waals surface area contributed by atoms with Crippen molar-refractivity contribution in [2.24, 2.45) is 0 Å². The van der Waals surface area contributed by atoms with Crippen LogP contribution in [-0.4, -0.2) is 16.0 Å². The van der Waals surface area contributed by atoms with Gasteiger partial charge in [0.1, 0.15) is 5.52 Å². The largest absolute Gasteiger partial charge is 0.436 e. The highest BCUT2D eigenvalue weighted by Crippen LogP contribution is 2.27. The van der Waals surface area contributed by atoms with Gasteiger partial charge in [-0.25, -0.2) is 4.98 Å². The van der Waals surface area contributed by atoms with Crippen molar-refractivity contribution in [2.75, 3.05) is 5.32 Å². The van der Waals surface area contributed by atoms with E-state index in [0.29, 0.717) is 17.9 Å². The molecule has 1 aromatic heterocycles. The Morgan fingerprint density at radius 2 is 1.96 bits per heavy atom. The summed E-state index contributed by atoms with van der Waals surface area (Å²) in [6.45, 7) is 6.09. The van der Waals surface area contributed by atoms with Gasteiger partial charge in [-0.05, 0) is 73.9 Å². The van der Waals surface area contributed by atoms with Gasteiger partial charge in [0, 0.05) is 17.7 Å². The molecule has 2 aromatic carbocycles. The van der Waals surface area contributed by atoms with Crippen molar-refractivity contribution < 1.29 is 9.21 Å². The number of hydrogen-bond donors (Lipinski definition) is 2. The summed E-state index contributed by atoms with van der Waals surface area (Å²) in [6.07, 6.45) is 1.23. The minimum absolute atomic E-state index is 0.0930. The molecule has 3 aromatic rings. The lowest BCUT2D eigenvalue weighted by Gasteiger charge is -2.08. The highest BCUT2D eigenvalue weighted by Gasteiger charge is 2.10. The first-order valence-corrected chi connectivity index (χ1v) is 8.96. The minimum atomic E-state index is -0.0930. The molecule has 2 N–H and O–H groups in total. The van der Waals surface area contributed by atoms with Gasteiger partial charge < -0.3 is 15.1 Å². The van der Waals surface area contributed by atoms with E-state index in [9.17, 15) is 4.79 Å². The molecule has 0 bridgehead atoms. The van der Waals surface area contributed by atoms with Crippen LogP contribution in [0.2, 0.25) is 0 Å². The summed E-state index contributed by atoms with van der Waals surface area (Å²) in [6, 6.07) is 11.7. The number of oxazole rings is 1. The standard InChI is InChI=1S/C20H21N3O2S/c1-4-5-18(24)23-20(26)21-15-8-9-17-16(11-15)22-19(25-17)14-7-6-12(2)13(3)10-14/h6-11H,4-5H2,1-3H3,(H2,21,23,24,26). The summed E-state index contributed by atoms with van der Waals surface area (Å²) >= 11 is 5.17. The molecule has 6 heteroatoms. The molecule has 0 saturated heterocycles. The number of aromatic nitrogens is 1. The fourth-order valence-corrected chi connectivity index (χ4v) is 2.81. The predicted octanol–water partition coefficient (Wildman–Crippen LogP) is 4.72. The predicted molar refractivity (Wildman–Crippen MR) is 108 cm³/mol. The zero-order valence-electron chi connectivity index (χ0n) is 15.1. The molecule has 1 amide bonds. The third-order valence-electron chi connectivity index (χ3n) is 4.13. The Kier molecular flexibility index (Phi) is 5.32. The fraction of sp³-hybridized carbons (Fsp3) is 0.250. The van der Waals surface area contributed by atoms with Gasteiger partial charge in [-0.2, -0.15) is 0 Å². The van der Waals surface area contributed by atoms with Crippen LogP contribution in [0.25, 0.3) is 22.6 Å². The van der Waals surface area contributed by atoms with E-state index in [2.05, 4.69) is 41.6 Å². The molecule has 0 aliphatic carbocycles. The van der Waals surface area contributed by atoms with Crippen molar-refractivity contribution >= 4 is 40.0 Å². The molecule has 5 nitrogen and oxygen atoms in total. The Hall–Kier alpha value is -2.73. The lowest BCUT2D eigenvalue weighted by atomic mass is 10.1. The molecule has 0 spiro atoms. The van der Waals surface area contributed by atoms with Gasteiger partial charge in [-0.15, -0.1) is 0 Å². The van der Waals surface area contributed by atoms with Crippen LogP contribution in [0.15, 0.2) is 40.8 Å². The molecule has 0 aliphatic heterocycles. The summed E-state index contributed by atoms with van der Waals surface area (Å²) < 4.78 is 5.86. The Balaban J connectivity index is 1.80. The third kappa shape index (κ3) is 4.08. The zero-order valence-corrected chi connectivity index (χ0v) is 15.9. The van der Waals surface area contributed by atoms with E-state index in [1.165, 1.54) is 11.1 Å². The Labute approximate surface area is 157 Å². The van der Waals surface area contributed by atoms with E-state index in [0.717, 1.165) is 23.2 Å². The van der Waals surface area contributed by atoms with Gasteiger partial charge in [0.05, 0.1) is 0 Å². The second kappa shape index (κ2) is 7.66. The van der Waals surface area contributed by atoms with E-state index >= 15 is 0 Å². The monoisotopic (exact) mass is 367 g/mol. The number of carbonyl (C=O) groups excluding carboxylic acids is 1. The van der Waals surface area contributed by atoms with Crippen molar-refractivity contribution in [1.29, 1.82) is 0 Å². The molecule has 26 heavy (non-hydrogen) atoms. The van der Waals surface area contributed by atoms with Crippen molar-refractivity contribution in [3.05, 3.63) is 47.5 Å². The summed E-state index contributed by atoms with van der Waals surface area (Å²) in [4.78, 5) is 16.2. The second-order valence-corrected chi connectivity index (χ2v) is 6.66. The number of amides is 1. The van der Waals surface area contributed by atoms with Crippen LogP contribution in [0.3, 0.4) is 0 Å².